The molecule has 0 bridgehead atoms. The molecule has 0 aliphatic carbocycles. The van der Waals surface area contributed by atoms with E-state index >= 15 is 0 Å². The first-order valence-electron chi connectivity index (χ1n) is 8.59. The number of fused-ring (bicyclic) bond motifs is 1. The van der Waals surface area contributed by atoms with Gasteiger partial charge in [-0.15, -0.1) is 23.1 Å². The van der Waals surface area contributed by atoms with E-state index in [0.29, 0.717) is 11.6 Å². The van der Waals surface area contributed by atoms with E-state index in [1.807, 2.05) is 54.1 Å². The van der Waals surface area contributed by atoms with Gasteiger partial charge in [0, 0.05) is 15.8 Å². The van der Waals surface area contributed by atoms with Crippen LogP contribution in [-0.4, -0.2) is 17.1 Å². The molecule has 4 rings (SSSR count). The van der Waals surface area contributed by atoms with Gasteiger partial charge < -0.3 is 5.32 Å². The number of nitrogens with zero attached hydrogens (tertiary/aromatic N) is 1. The van der Waals surface area contributed by atoms with Crippen LogP contribution in [-0.2, 0) is 11.2 Å². The number of hydrogen-bond acceptors (Lipinski definition) is 4. The van der Waals surface area contributed by atoms with E-state index < -0.39 is 0 Å². The first-order valence-corrected chi connectivity index (χ1v) is 10.7. The van der Waals surface area contributed by atoms with E-state index in [2.05, 4.69) is 34.6 Å². The summed E-state index contributed by atoms with van der Waals surface area (Å²) < 4.78 is 0. The average molecular weight is 391 g/mol. The third kappa shape index (κ3) is 4.04. The van der Waals surface area contributed by atoms with Crippen molar-refractivity contribution < 1.29 is 4.79 Å². The van der Waals surface area contributed by atoms with Crippen molar-refractivity contribution in [1.29, 1.82) is 0 Å². The van der Waals surface area contributed by atoms with Gasteiger partial charge in [0.2, 0.25) is 5.91 Å². The zero-order valence-corrected chi connectivity index (χ0v) is 16.4. The minimum atomic E-state index is -0.0503. The van der Waals surface area contributed by atoms with Crippen LogP contribution in [0.1, 0.15) is 5.56 Å². The van der Waals surface area contributed by atoms with Crippen molar-refractivity contribution >= 4 is 44.9 Å². The fraction of sp³-hybridized carbons (Fsp3) is 0.0909. The second kappa shape index (κ2) is 7.94. The van der Waals surface area contributed by atoms with Crippen LogP contribution < -0.4 is 5.32 Å². The number of rotatable bonds is 5. The topological polar surface area (TPSA) is 42.0 Å². The summed E-state index contributed by atoms with van der Waals surface area (Å²) in [5.74, 6) is -0.0503. The van der Waals surface area contributed by atoms with E-state index in [-0.39, 0.29) is 5.91 Å². The fourth-order valence-corrected chi connectivity index (χ4v) is 4.13. The molecule has 0 spiro atoms. The largest absolute Gasteiger partial charge is 0.302 e. The molecule has 27 heavy (non-hydrogen) atoms. The Morgan fingerprint density at radius 2 is 1.81 bits per heavy atom. The van der Waals surface area contributed by atoms with Gasteiger partial charge in [0.1, 0.15) is 0 Å². The number of amides is 1. The third-order valence-corrected chi connectivity index (χ3v) is 5.84. The minimum Gasteiger partial charge on any atom is -0.302 e. The molecular weight excluding hydrogens is 372 g/mol. The second-order valence-electron chi connectivity index (χ2n) is 6.14. The van der Waals surface area contributed by atoms with Crippen LogP contribution in [0, 0.1) is 0 Å². The number of carbonyl (C=O) groups is 1. The zero-order valence-electron chi connectivity index (χ0n) is 14.8. The molecule has 0 atom stereocenters. The molecule has 5 heteroatoms. The van der Waals surface area contributed by atoms with Gasteiger partial charge in [-0.1, -0.05) is 54.6 Å². The van der Waals surface area contributed by atoms with Gasteiger partial charge in [-0.2, -0.15) is 0 Å². The normalized spacial score (nSPS) is 10.9. The number of carbonyl (C=O) groups excluding carboxylic acids is 1. The van der Waals surface area contributed by atoms with Crippen molar-refractivity contribution in [3.63, 3.8) is 0 Å². The quantitative estimate of drug-likeness (QED) is 0.434. The number of thioether (sulfide) groups is 1. The molecule has 3 nitrogen and oxygen atoms in total. The number of anilines is 1. The molecule has 1 N–H and O–H groups in total. The zero-order chi connectivity index (χ0) is 18.6. The first kappa shape index (κ1) is 17.8. The Balaban J connectivity index is 1.49. The summed E-state index contributed by atoms with van der Waals surface area (Å²) in [7, 11) is 0. The van der Waals surface area contributed by atoms with E-state index in [4.69, 9.17) is 0 Å². The highest BCUT2D eigenvalue weighted by Crippen LogP contribution is 2.31. The van der Waals surface area contributed by atoms with Crippen LogP contribution >= 0.6 is 23.1 Å². The van der Waals surface area contributed by atoms with Gasteiger partial charge >= 0.3 is 0 Å². The van der Waals surface area contributed by atoms with E-state index in [9.17, 15) is 4.79 Å². The summed E-state index contributed by atoms with van der Waals surface area (Å²) in [6.45, 7) is 0. The Morgan fingerprint density at radius 1 is 1.04 bits per heavy atom. The summed E-state index contributed by atoms with van der Waals surface area (Å²) >= 11 is 3.14. The molecule has 134 valence electrons. The first-order chi connectivity index (χ1) is 13.2. The van der Waals surface area contributed by atoms with Crippen molar-refractivity contribution in [2.24, 2.45) is 0 Å². The van der Waals surface area contributed by atoms with E-state index in [1.54, 1.807) is 11.8 Å². The Hall–Kier alpha value is -2.63. The van der Waals surface area contributed by atoms with Gasteiger partial charge in [0.05, 0.1) is 12.1 Å². The van der Waals surface area contributed by atoms with Crippen molar-refractivity contribution in [3.8, 4) is 11.3 Å². The smallest absolute Gasteiger partial charge is 0.230 e. The summed E-state index contributed by atoms with van der Waals surface area (Å²) in [5, 5.41) is 7.89. The fourth-order valence-electron chi connectivity index (χ4n) is 3.00. The van der Waals surface area contributed by atoms with E-state index in [1.165, 1.54) is 21.6 Å². The van der Waals surface area contributed by atoms with Crippen molar-refractivity contribution in [2.45, 2.75) is 11.3 Å². The molecule has 0 unspecified atom stereocenters. The Morgan fingerprint density at radius 3 is 2.63 bits per heavy atom. The minimum absolute atomic E-state index is 0.0503. The van der Waals surface area contributed by atoms with Gasteiger partial charge in [-0.25, -0.2) is 4.98 Å². The van der Waals surface area contributed by atoms with Gasteiger partial charge in [-0.3, -0.25) is 4.79 Å². The lowest BCUT2D eigenvalue weighted by atomic mass is 10.0. The van der Waals surface area contributed by atoms with Gasteiger partial charge in [0.25, 0.3) is 0 Å². The van der Waals surface area contributed by atoms with Crippen LogP contribution in [0.5, 0.6) is 0 Å². The van der Waals surface area contributed by atoms with Gasteiger partial charge in [0.15, 0.2) is 5.13 Å². The standard InChI is InChI=1S/C22H18N2OS2/c1-26-17-11-9-15(10-12-17)13-21(25)24-22-23-20(14-27-22)19-8-4-6-16-5-2-3-7-18(16)19/h2-12,14H,13H2,1H3,(H,23,24,25). The monoisotopic (exact) mass is 390 g/mol. The van der Waals surface area contributed by atoms with Crippen LogP contribution in [0.15, 0.2) is 77.0 Å². The molecule has 0 saturated carbocycles. The lowest BCUT2D eigenvalue weighted by Crippen LogP contribution is -2.14. The number of benzene rings is 3. The van der Waals surface area contributed by atoms with Crippen LogP contribution in [0.3, 0.4) is 0 Å². The highest BCUT2D eigenvalue weighted by Gasteiger charge is 2.11. The molecule has 3 aromatic carbocycles. The highest BCUT2D eigenvalue weighted by molar-refractivity contribution is 7.98. The van der Waals surface area contributed by atoms with Crippen LogP contribution in [0.2, 0.25) is 0 Å². The predicted octanol–water partition coefficient (Wildman–Crippen LogP) is 5.87. The molecule has 1 aromatic heterocycles. The maximum absolute atomic E-state index is 12.3. The Bertz CT molecular complexity index is 1080. The predicted molar refractivity (Wildman–Crippen MR) is 116 cm³/mol. The number of thiazole rings is 1. The Labute approximate surface area is 166 Å². The average Bonchev–Trinajstić information content (AvgIpc) is 3.16. The number of nitrogens with one attached hydrogen (secondary N) is 1. The third-order valence-electron chi connectivity index (χ3n) is 4.34. The van der Waals surface area contributed by atoms with Crippen LogP contribution in [0.25, 0.3) is 22.0 Å². The van der Waals surface area contributed by atoms with Crippen LogP contribution in [0.4, 0.5) is 5.13 Å². The molecule has 4 aromatic rings. The summed E-state index contributed by atoms with van der Waals surface area (Å²) in [6.07, 6.45) is 2.38. The Kier molecular flexibility index (Phi) is 5.23. The molecule has 0 aliphatic rings. The molecule has 0 aliphatic heterocycles. The maximum atomic E-state index is 12.3. The number of hydrogen-bond donors (Lipinski definition) is 1. The molecule has 0 radical (unpaired) electrons. The summed E-state index contributed by atoms with van der Waals surface area (Å²) in [4.78, 5) is 18.2. The SMILES string of the molecule is CSc1ccc(CC(=O)Nc2nc(-c3cccc4ccccc34)cs2)cc1. The number of aromatic nitrogens is 1. The molecule has 1 amide bonds. The van der Waals surface area contributed by atoms with Gasteiger partial charge in [-0.05, 0) is 34.7 Å². The molecule has 0 fully saturated rings. The molecular formula is C22H18N2OS2. The molecule has 0 saturated heterocycles. The van der Waals surface area contributed by atoms with Crippen molar-refractivity contribution in [1.82, 2.24) is 4.98 Å². The van der Waals surface area contributed by atoms with E-state index in [0.717, 1.165) is 22.2 Å². The maximum Gasteiger partial charge on any atom is 0.230 e. The molecule has 1 heterocycles. The summed E-state index contributed by atoms with van der Waals surface area (Å²) in [6, 6.07) is 22.5. The second-order valence-corrected chi connectivity index (χ2v) is 7.88. The van der Waals surface area contributed by atoms with Crippen molar-refractivity contribution in [3.05, 3.63) is 77.7 Å². The summed E-state index contributed by atoms with van der Waals surface area (Å²) in [5.41, 5.74) is 2.96. The van der Waals surface area contributed by atoms with Crippen molar-refractivity contribution in [2.75, 3.05) is 11.6 Å². The highest BCUT2D eigenvalue weighted by atomic mass is 32.2. The lowest BCUT2D eigenvalue weighted by molar-refractivity contribution is -0.115. The lowest BCUT2D eigenvalue weighted by Gasteiger charge is -2.04.